The van der Waals surface area contributed by atoms with Gasteiger partial charge in [-0.1, -0.05) is 43.3 Å². The van der Waals surface area contributed by atoms with Crippen LogP contribution in [-0.2, 0) is 6.54 Å². The van der Waals surface area contributed by atoms with Crippen molar-refractivity contribution in [2.75, 3.05) is 12.4 Å². The van der Waals surface area contributed by atoms with Crippen LogP contribution in [0.2, 0.25) is 0 Å². The summed E-state index contributed by atoms with van der Waals surface area (Å²) in [5.41, 5.74) is 9.59. The second-order valence-corrected chi connectivity index (χ2v) is 5.19. The first-order valence-electron chi connectivity index (χ1n) is 7.66. The number of para-hydroxylation sites is 1. The predicted octanol–water partition coefficient (Wildman–Crippen LogP) is 4.04. The minimum absolute atomic E-state index is 0.0885. The molecular formula is C19H23N3O. The van der Waals surface area contributed by atoms with Crippen molar-refractivity contribution in [3.05, 3.63) is 65.7 Å². The third-order valence-corrected chi connectivity index (χ3v) is 3.56. The van der Waals surface area contributed by atoms with E-state index in [4.69, 9.17) is 15.9 Å². The molecule has 0 spiro atoms. The van der Waals surface area contributed by atoms with E-state index in [1.54, 1.807) is 7.11 Å². The molecule has 0 heterocycles. The Morgan fingerprint density at radius 3 is 2.48 bits per heavy atom. The molecule has 0 fully saturated rings. The maximum atomic E-state index is 7.80. The first-order chi connectivity index (χ1) is 11.2. The molecule has 2 aromatic carbocycles. The van der Waals surface area contributed by atoms with Crippen LogP contribution in [0.15, 0.2) is 54.6 Å². The van der Waals surface area contributed by atoms with Crippen molar-refractivity contribution in [3.63, 3.8) is 0 Å². The van der Waals surface area contributed by atoms with E-state index < -0.39 is 0 Å². The zero-order valence-corrected chi connectivity index (χ0v) is 13.6. The molecule has 0 aliphatic carbocycles. The van der Waals surface area contributed by atoms with Gasteiger partial charge in [-0.05, 0) is 30.2 Å². The van der Waals surface area contributed by atoms with Gasteiger partial charge in [0.2, 0.25) is 0 Å². The lowest BCUT2D eigenvalue weighted by Crippen LogP contribution is -2.13. The number of ether oxygens (including phenoxy) is 1. The summed E-state index contributed by atoms with van der Waals surface area (Å²) >= 11 is 0. The highest BCUT2D eigenvalue weighted by Gasteiger charge is 2.09. The van der Waals surface area contributed by atoms with Gasteiger partial charge >= 0.3 is 0 Å². The molecule has 4 nitrogen and oxygen atoms in total. The second kappa shape index (κ2) is 8.03. The first-order valence-corrected chi connectivity index (χ1v) is 7.66. The van der Waals surface area contributed by atoms with E-state index >= 15 is 0 Å². The smallest absolute Gasteiger partial charge is 0.123 e. The fraction of sp³-hybridized carbons (Fsp3) is 0.211. The summed E-state index contributed by atoms with van der Waals surface area (Å²) in [6.45, 7) is 2.73. The fourth-order valence-electron chi connectivity index (χ4n) is 2.38. The Labute approximate surface area is 137 Å². The molecule has 0 aliphatic heterocycles. The van der Waals surface area contributed by atoms with Crippen LogP contribution < -0.4 is 15.8 Å². The molecule has 0 atom stereocenters. The van der Waals surface area contributed by atoms with E-state index in [2.05, 4.69) is 5.32 Å². The summed E-state index contributed by atoms with van der Waals surface area (Å²) in [5, 5.41) is 11.2. The number of benzene rings is 2. The van der Waals surface area contributed by atoms with Gasteiger partial charge in [-0.25, -0.2) is 0 Å². The Balaban J connectivity index is 2.19. The molecule has 0 aliphatic rings. The number of methoxy groups -OCH3 is 1. The Morgan fingerprint density at radius 1 is 1.17 bits per heavy atom. The summed E-state index contributed by atoms with van der Waals surface area (Å²) < 4.78 is 5.17. The maximum absolute atomic E-state index is 7.80. The van der Waals surface area contributed by atoms with Crippen molar-refractivity contribution in [2.24, 2.45) is 5.73 Å². The zero-order chi connectivity index (χ0) is 16.7. The average Bonchev–Trinajstić information content (AvgIpc) is 2.58. The quantitative estimate of drug-likeness (QED) is 0.534. The Bertz CT molecular complexity index is 690. The van der Waals surface area contributed by atoms with Crippen LogP contribution in [0.1, 0.15) is 24.5 Å². The minimum Gasteiger partial charge on any atom is -0.497 e. The molecular weight excluding hydrogens is 286 g/mol. The Kier molecular flexibility index (Phi) is 5.80. The maximum Gasteiger partial charge on any atom is 0.123 e. The minimum atomic E-state index is 0.0885. The van der Waals surface area contributed by atoms with Crippen molar-refractivity contribution >= 4 is 17.1 Å². The third kappa shape index (κ3) is 4.36. The van der Waals surface area contributed by atoms with Gasteiger partial charge in [-0.2, -0.15) is 0 Å². The van der Waals surface area contributed by atoms with Crippen molar-refractivity contribution in [1.29, 1.82) is 5.41 Å². The normalized spacial score (nSPS) is 11.1. The molecule has 0 aromatic heterocycles. The molecule has 0 radical (unpaired) electrons. The molecule has 0 amide bonds. The number of hydrogen-bond donors (Lipinski definition) is 3. The lowest BCUT2D eigenvalue weighted by molar-refractivity contribution is 0.414. The van der Waals surface area contributed by atoms with Crippen LogP contribution in [0.4, 0.5) is 5.69 Å². The lowest BCUT2D eigenvalue weighted by Gasteiger charge is -2.14. The van der Waals surface area contributed by atoms with Gasteiger partial charge in [0, 0.05) is 23.4 Å². The molecule has 0 saturated heterocycles. The van der Waals surface area contributed by atoms with Gasteiger partial charge in [-0.3, -0.25) is 5.41 Å². The van der Waals surface area contributed by atoms with Gasteiger partial charge in [0.1, 0.15) is 11.6 Å². The molecule has 4 heteroatoms. The summed E-state index contributed by atoms with van der Waals surface area (Å²) in [7, 11) is 1.66. The van der Waals surface area contributed by atoms with Gasteiger partial charge < -0.3 is 15.8 Å². The van der Waals surface area contributed by atoms with Crippen molar-refractivity contribution in [2.45, 2.75) is 19.9 Å². The number of hydrogen-bond acceptors (Lipinski definition) is 3. The number of allylic oxidation sites excluding steroid dienone is 1. The van der Waals surface area contributed by atoms with E-state index in [9.17, 15) is 0 Å². The molecule has 4 N–H and O–H groups in total. The van der Waals surface area contributed by atoms with Crippen LogP contribution in [0.3, 0.4) is 0 Å². The number of amidine groups is 1. The highest BCUT2D eigenvalue weighted by Crippen LogP contribution is 2.25. The van der Waals surface area contributed by atoms with Gasteiger partial charge in [0.15, 0.2) is 0 Å². The molecule has 2 aromatic rings. The van der Waals surface area contributed by atoms with Crippen molar-refractivity contribution in [3.8, 4) is 5.75 Å². The molecule has 0 saturated carbocycles. The number of nitrogens with two attached hydrogens (primary N) is 1. The topological polar surface area (TPSA) is 71.1 Å². The molecule has 2 rings (SSSR count). The summed E-state index contributed by atoms with van der Waals surface area (Å²) in [4.78, 5) is 0. The van der Waals surface area contributed by atoms with Crippen LogP contribution in [-0.4, -0.2) is 12.9 Å². The van der Waals surface area contributed by atoms with E-state index in [1.165, 1.54) is 0 Å². The first kappa shape index (κ1) is 16.6. The van der Waals surface area contributed by atoms with Crippen LogP contribution in [0.25, 0.3) is 5.57 Å². The SMILES string of the molecule is CC/C=C(\C(=N)N)c1ccccc1NCc1ccc(OC)cc1. The largest absolute Gasteiger partial charge is 0.497 e. The van der Waals surface area contributed by atoms with Crippen molar-refractivity contribution < 1.29 is 4.74 Å². The van der Waals surface area contributed by atoms with Gasteiger partial charge in [0.25, 0.3) is 0 Å². The average molecular weight is 309 g/mol. The molecule has 0 bridgehead atoms. The lowest BCUT2D eigenvalue weighted by atomic mass is 10.0. The highest BCUT2D eigenvalue weighted by molar-refractivity contribution is 6.21. The van der Waals surface area contributed by atoms with Crippen LogP contribution >= 0.6 is 0 Å². The van der Waals surface area contributed by atoms with E-state index in [0.29, 0.717) is 6.54 Å². The summed E-state index contributed by atoms with van der Waals surface area (Å²) in [6.07, 6.45) is 2.82. The van der Waals surface area contributed by atoms with E-state index in [0.717, 1.165) is 34.6 Å². The zero-order valence-electron chi connectivity index (χ0n) is 13.6. The Morgan fingerprint density at radius 2 is 1.87 bits per heavy atom. The number of nitrogens with one attached hydrogen (secondary N) is 2. The standard InChI is InChI=1S/C19H23N3O/c1-3-6-17(19(20)21)16-7-4-5-8-18(16)22-13-14-9-11-15(23-2)12-10-14/h4-12,22H,3,13H2,1-2H3,(H3,20,21)/b17-6-. The van der Waals surface area contributed by atoms with Crippen LogP contribution in [0, 0.1) is 5.41 Å². The third-order valence-electron chi connectivity index (χ3n) is 3.56. The summed E-state index contributed by atoms with van der Waals surface area (Å²) in [6, 6.07) is 15.9. The Hall–Kier alpha value is -2.75. The van der Waals surface area contributed by atoms with Crippen molar-refractivity contribution in [1.82, 2.24) is 0 Å². The second-order valence-electron chi connectivity index (χ2n) is 5.19. The predicted molar refractivity (Wildman–Crippen MR) is 96.9 cm³/mol. The van der Waals surface area contributed by atoms with E-state index in [-0.39, 0.29) is 5.84 Å². The number of rotatable bonds is 7. The number of anilines is 1. The highest BCUT2D eigenvalue weighted by atomic mass is 16.5. The molecule has 120 valence electrons. The molecule has 0 unspecified atom stereocenters. The van der Waals surface area contributed by atoms with Crippen LogP contribution in [0.5, 0.6) is 5.75 Å². The van der Waals surface area contributed by atoms with E-state index in [1.807, 2.05) is 61.5 Å². The van der Waals surface area contributed by atoms with Gasteiger partial charge in [-0.15, -0.1) is 0 Å². The monoisotopic (exact) mass is 309 g/mol. The molecule has 23 heavy (non-hydrogen) atoms. The fourth-order valence-corrected chi connectivity index (χ4v) is 2.38. The van der Waals surface area contributed by atoms with Gasteiger partial charge in [0.05, 0.1) is 7.11 Å². The summed E-state index contributed by atoms with van der Waals surface area (Å²) in [5.74, 6) is 0.935.